The molecule has 3 nitrogen and oxygen atoms in total. The van der Waals surface area contributed by atoms with E-state index in [4.69, 9.17) is 0 Å². The van der Waals surface area contributed by atoms with Gasteiger partial charge in [-0.15, -0.1) is 0 Å². The molecule has 0 aliphatic carbocycles. The van der Waals surface area contributed by atoms with Gasteiger partial charge in [-0.1, -0.05) is 11.6 Å². The summed E-state index contributed by atoms with van der Waals surface area (Å²) < 4.78 is 0. The summed E-state index contributed by atoms with van der Waals surface area (Å²) in [6.07, 6.45) is 5.39. The second-order valence-corrected chi connectivity index (χ2v) is 5.69. The quantitative estimate of drug-likeness (QED) is 0.787. The number of pyridine rings is 1. The number of rotatable bonds is 1. The molecule has 0 radical (unpaired) electrons. The van der Waals surface area contributed by atoms with Crippen LogP contribution < -0.4 is 4.90 Å². The lowest BCUT2D eigenvalue weighted by molar-refractivity contribution is 0.485. The highest BCUT2D eigenvalue weighted by molar-refractivity contribution is 5.95. The first-order chi connectivity index (χ1) is 9.70. The minimum absolute atomic E-state index is 0.488. The van der Waals surface area contributed by atoms with Crippen LogP contribution in [0.25, 0.3) is 10.9 Å². The Morgan fingerprint density at radius 1 is 1.35 bits per heavy atom. The fourth-order valence-electron chi connectivity index (χ4n) is 3.11. The van der Waals surface area contributed by atoms with Gasteiger partial charge in [0.25, 0.3) is 0 Å². The van der Waals surface area contributed by atoms with Crippen molar-refractivity contribution < 1.29 is 0 Å². The molecule has 1 aliphatic heterocycles. The molecule has 1 aromatic carbocycles. The third kappa shape index (κ3) is 2.12. The lowest BCUT2D eigenvalue weighted by Crippen LogP contribution is -2.38. The molecule has 0 bridgehead atoms. The van der Waals surface area contributed by atoms with Crippen LogP contribution in [0, 0.1) is 18.3 Å². The summed E-state index contributed by atoms with van der Waals surface area (Å²) in [5, 5.41) is 10.6. The molecule has 0 N–H and O–H groups in total. The molecule has 1 aliphatic rings. The molecule has 102 valence electrons. The van der Waals surface area contributed by atoms with Gasteiger partial charge >= 0.3 is 0 Å². The molecule has 1 saturated heterocycles. The van der Waals surface area contributed by atoms with Gasteiger partial charge in [-0.25, -0.2) is 0 Å². The van der Waals surface area contributed by atoms with Gasteiger partial charge in [0.15, 0.2) is 0 Å². The van der Waals surface area contributed by atoms with Crippen LogP contribution in [0.15, 0.2) is 24.4 Å². The van der Waals surface area contributed by atoms with Gasteiger partial charge in [0.2, 0.25) is 0 Å². The summed E-state index contributed by atoms with van der Waals surface area (Å²) in [5.74, 6) is 0. The molecule has 1 atom stereocenters. The van der Waals surface area contributed by atoms with E-state index < -0.39 is 0 Å². The average Bonchev–Trinajstić information content (AvgIpc) is 2.47. The van der Waals surface area contributed by atoms with Crippen LogP contribution in [0.2, 0.25) is 0 Å². The van der Waals surface area contributed by atoms with Gasteiger partial charge in [-0.05, 0) is 45.2 Å². The van der Waals surface area contributed by atoms with E-state index in [0.29, 0.717) is 11.6 Å². The topological polar surface area (TPSA) is 39.9 Å². The first kappa shape index (κ1) is 12.9. The van der Waals surface area contributed by atoms with Gasteiger partial charge in [-0.2, -0.15) is 5.26 Å². The molecular formula is C17H19N3. The Morgan fingerprint density at radius 3 is 2.95 bits per heavy atom. The summed E-state index contributed by atoms with van der Waals surface area (Å²) in [7, 11) is 0. The maximum absolute atomic E-state index is 9.45. The number of nitrogens with zero attached hydrogens (tertiary/aromatic N) is 3. The van der Waals surface area contributed by atoms with Crippen LogP contribution in [0.4, 0.5) is 5.69 Å². The molecule has 2 heterocycles. The van der Waals surface area contributed by atoms with Crippen LogP contribution in [0.5, 0.6) is 0 Å². The maximum Gasteiger partial charge on any atom is 0.103 e. The van der Waals surface area contributed by atoms with E-state index >= 15 is 0 Å². The van der Waals surface area contributed by atoms with Gasteiger partial charge < -0.3 is 4.90 Å². The number of anilines is 1. The van der Waals surface area contributed by atoms with Crippen molar-refractivity contribution in [1.29, 1.82) is 5.26 Å². The van der Waals surface area contributed by atoms with E-state index in [0.717, 1.165) is 23.1 Å². The predicted octanol–water partition coefficient (Wildman–Crippen LogP) is 3.79. The molecular weight excluding hydrogens is 246 g/mol. The monoisotopic (exact) mass is 265 g/mol. The van der Waals surface area contributed by atoms with E-state index in [1.807, 2.05) is 6.07 Å². The number of benzene rings is 1. The molecule has 2 aromatic rings. The average molecular weight is 265 g/mol. The first-order valence-corrected chi connectivity index (χ1v) is 7.27. The van der Waals surface area contributed by atoms with E-state index in [9.17, 15) is 5.26 Å². The fourth-order valence-corrected chi connectivity index (χ4v) is 3.11. The smallest absolute Gasteiger partial charge is 0.103 e. The van der Waals surface area contributed by atoms with Crippen molar-refractivity contribution in [2.24, 2.45) is 0 Å². The summed E-state index contributed by atoms with van der Waals surface area (Å²) in [4.78, 5) is 6.82. The lowest BCUT2D eigenvalue weighted by atomic mass is 9.99. The van der Waals surface area contributed by atoms with Crippen LogP contribution >= 0.6 is 0 Å². The number of aryl methyl sites for hydroxylation is 1. The van der Waals surface area contributed by atoms with Crippen LogP contribution in [0.1, 0.15) is 37.3 Å². The van der Waals surface area contributed by atoms with Crippen molar-refractivity contribution in [3.63, 3.8) is 0 Å². The molecule has 0 spiro atoms. The zero-order valence-corrected chi connectivity index (χ0v) is 12.1. The minimum Gasteiger partial charge on any atom is -0.367 e. The summed E-state index contributed by atoms with van der Waals surface area (Å²) in [5.41, 5.74) is 3.95. The summed E-state index contributed by atoms with van der Waals surface area (Å²) >= 11 is 0. The van der Waals surface area contributed by atoms with Crippen LogP contribution in [0.3, 0.4) is 0 Å². The molecule has 20 heavy (non-hydrogen) atoms. The number of hydrogen-bond donors (Lipinski definition) is 0. The van der Waals surface area contributed by atoms with Gasteiger partial charge in [0.1, 0.15) is 6.07 Å². The summed E-state index contributed by atoms with van der Waals surface area (Å²) in [6, 6.07) is 9.08. The lowest BCUT2D eigenvalue weighted by Gasteiger charge is -2.36. The van der Waals surface area contributed by atoms with Crippen molar-refractivity contribution in [3.8, 4) is 6.07 Å². The number of aromatic nitrogens is 1. The second-order valence-electron chi connectivity index (χ2n) is 5.69. The highest BCUT2D eigenvalue weighted by Crippen LogP contribution is 2.34. The first-order valence-electron chi connectivity index (χ1n) is 7.27. The standard InChI is InChI=1S/C17H19N3/c1-12-6-7-16-15(9-12)17(14(10-18)11-19-16)20-8-4-3-5-13(20)2/h6-7,9,11,13H,3-5,8H2,1-2H3/t13-/m1/s1. The molecule has 1 fully saturated rings. The Bertz CT molecular complexity index is 684. The Labute approximate surface area is 119 Å². The van der Waals surface area contributed by atoms with Crippen molar-refractivity contribution in [1.82, 2.24) is 4.98 Å². The largest absolute Gasteiger partial charge is 0.367 e. The predicted molar refractivity (Wildman–Crippen MR) is 81.9 cm³/mol. The van der Waals surface area contributed by atoms with Crippen molar-refractivity contribution in [2.75, 3.05) is 11.4 Å². The summed E-state index contributed by atoms with van der Waals surface area (Å²) in [6.45, 7) is 5.37. The third-order valence-electron chi connectivity index (χ3n) is 4.21. The normalized spacial score (nSPS) is 19.1. The van der Waals surface area contributed by atoms with E-state index in [-0.39, 0.29) is 0 Å². The Kier molecular flexibility index (Phi) is 3.31. The van der Waals surface area contributed by atoms with Crippen molar-refractivity contribution >= 4 is 16.6 Å². The molecule has 0 unspecified atom stereocenters. The van der Waals surface area contributed by atoms with E-state index in [2.05, 4.69) is 41.9 Å². The highest BCUT2D eigenvalue weighted by atomic mass is 15.2. The third-order valence-corrected chi connectivity index (χ3v) is 4.21. The minimum atomic E-state index is 0.488. The molecule has 1 aromatic heterocycles. The SMILES string of the molecule is Cc1ccc2ncc(C#N)c(N3CCCC[C@H]3C)c2c1. The van der Waals surface area contributed by atoms with Gasteiger partial charge in [-0.3, -0.25) is 4.98 Å². The van der Waals surface area contributed by atoms with E-state index in [1.165, 1.54) is 24.8 Å². The zero-order valence-electron chi connectivity index (χ0n) is 12.1. The van der Waals surface area contributed by atoms with Crippen molar-refractivity contribution in [2.45, 2.75) is 39.2 Å². The maximum atomic E-state index is 9.45. The highest BCUT2D eigenvalue weighted by Gasteiger charge is 2.23. The number of fused-ring (bicyclic) bond motifs is 1. The molecule has 0 saturated carbocycles. The molecule has 3 heteroatoms. The Balaban J connectivity index is 2.25. The fraction of sp³-hybridized carbons (Fsp3) is 0.412. The number of nitriles is 1. The Hall–Kier alpha value is -2.08. The number of hydrogen-bond acceptors (Lipinski definition) is 3. The second kappa shape index (κ2) is 5.13. The van der Waals surface area contributed by atoms with E-state index in [1.54, 1.807) is 6.20 Å². The Morgan fingerprint density at radius 2 is 2.20 bits per heavy atom. The van der Waals surface area contributed by atoms with Crippen molar-refractivity contribution in [3.05, 3.63) is 35.5 Å². The molecule has 3 rings (SSSR count). The molecule has 0 amide bonds. The van der Waals surface area contributed by atoms with Crippen LogP contribution in [-0.2, 0) is 0 Å². The van der Waals surface area contributed by atoms with Crippen LogP contribution in [-0.4, -0.2) is 17.6 Å². The van der Waals surface area contributed by atoms with Gasteiger partial charge in [0, 0.05) is 24.2 Å². The number of piperidine rings is 1. The van der Waals surface area contributed by atoms with Gasteiger partial charge in [0.05, 0.1) is 16.8 Å². The zero-order chi connectivity index (χ0) is 14.1.